The molecule has 1 fully saturated rings. The van der Waals surface area contributed by atoms with E-state index in [0.29, 0.717) is 0 Å². The summed E-state index contributed by atoms with van der Waals surface area (Å²) in [5, 5.41) is 1.21. The van der Waals surface area contributed by atoms with Gasteiger partial charge in [0, 0.05) is 5.33 Å². The second-order valence-electron chi connectivity index (χ2n) is 1.88. The molecule has 1 aliphatic heterocycles. The molecule has 1 rings (SSSR count). The molecule has 0 saturated carbocycles. The molecule has 2 heteroatoms. The maximum absolute atomic E-state index is 3.46. The Hall–Kier alpha value is 0.830. The van der Waals surface area contributed by atoms with E-state index in [2.05, 4.69) is 27.7 Å². The predicted octanol–water partition coefficient (Wildman–Crippen LogP) is 2.13. The predicted molar refractivity (Wildman–Crippen MR) is 39.2 cm³/mol. The number of halogens is 1. The van der Waals surface area contributed by atoms with Gasteiger partial charge in [0.25, 0.3) is 0 Å². The van der Waals surface area contributed by atoms with Crippen LogP contribution in [0.2, 0.25) is 0 Å². The molecule has 0 aromatic carbocycles. The van der Waals surface area contributed by atoms with Gasteiger partial charge in [-0.25, -0.2) is 0 Å². The summed E-state index contributed by atoms with van der Waals surface area (Å²) in [6, 6.07) is 0. The van der Waals surface area contributed by atoms with Gasteiger partial charge < -0.3 is 0 Å². The van der Waals surface area contributed by atoms with Crippen LogP contribution in [-0.4, -0.2) is 16.8 Å². The fourth-order valence-corrected chi connectivity index (χ4v) is 2.85. The highest BCUT2D eigenvalue weighted by Gasteiger charge is 2.12. The van der Waals surface area contributed by atoms with Crippen LogP contribution in [0.25, 0.3) is 0 Å². The summed E-state index contributed by atoms with van der Waals surface area (Å²) >= 11 is 5.54. The molecule has 1 aliphatic rings. The monoisotopic (exact) mass is 180 g/mol. The van der Waals surface area contributed by atoms with Crippen LogP contribution in [0.4, 0.5) is 0 Å². The zero-order chi connectivity index (χ0) is 5.11. The molecule has 0 aromatic rings. The lowest BCUT2D eigenvalue weighted by Gasteiger charge is -1.97. The fourth-order valence-electron chi connectivity index (χ4n) is 0.705. The zero-order valence-corrected chi connectivity index (χ0v) is 6.59. The standard InChI is InChI=1S/C5H9BrS/c6-3-5-1-2-7-4-5/h5H,1-4H2. The molecular formula is C5H9BrS. The van der Waals surface area contributed by atoms with Crippen molar-refractivity contribution in [2.24, 2.45) is 5.92 Å². The molecule has 42 valence electrons. The number of hydrogen-bond acceptors (Lipinski definition) is 1. The number of alkyl halides is 1. The smallest absolute Gasteiger partial charge is 0.00678 e. The Morgan fingerprint density at radius 2 is 2.57 bits per heavy atom. The van der Waals surface area contributed by atoms with Crippen molar-refractivity contribution in [1.82, 2.24) is 0 Å². The molecule has 7 heavy (non-hydrogen) atoms. The summed E-state index contributed by atoms with van der Waals surface area (Å²) in [5.74, 6) is 3.74. The van der Waals surface area contributed by atoms with Crippen molar-refractivity contribution in [3.8, 4) is 0 Å². The summed E-state index contributed by atoms with van der Waals surface area (Å²) in [6.07, 6.45) is 1.43. The molecule has 0 radical (unpaired) electrons. The van der Waals surface area contributed by atoms with Gasteiger partial charge in [0.15, 0.2) is 0 Å². The minimum atomic E-state index is 0.977. The van der Waals surface area contributed by atoms with E-state index < -0.39 is 0 Å². The van der Waals surface area contributed by atoms with Crippen molar-refractivity contribution in [1.29, 1.82) is 0 Å². The summed E-state index contributed by atoms with van der Waals surface area (Å²) in [7, 11) is 0. The topological polar surface area (TPSA) is 0 Å². The normalized spacial score (nSPS) is 31.3. The van der Waals surface area contributed by atoms with Crippen LogP contribution in [-0.2, 0) is 0 Å². The summed E-state index contributed by atoms with van der Waals surface area (Å²) in [6.45, 7) is 0. The lowest BCUT2D eigenvalue weighted by Crippen LogP contribution is -1.96. The summed E-state index contributed by atoms with van der Waals surface area (Å²) < 4.78 is 0. The first-order chi connectivity index (χ1) is 3.43. The Bertz CT molecular complexity index is 50.0. The highest BCUT2D eigenvalue weighted by Crippen LogP contribution is 2.24. The largest absolute Gasteiger partial charge is 0.162 e. The van der Waals surface area contributed by atoms with Gasteiger partial charge in [-0.15, -0.1) is 0 Å². The maximum atomic E-state index is 3.46. The van der Waals surface area contributed by atoms with Gasteiger partial charge in [-0.1, -0.05) is 15.9 Å². The summed E-state index contributed by atoms with van der Waals surface area (Å²) in [5.41, 5.74) is 0. The number of thioether (sulfide) groups is 1. The van der Waals surface area contributed by atoms with E-state index in [9.17, 15) is 0 Å². The molecule has 1 saturated heterocycles. The molecule has 0 aromatic heterocycles. The second-order valence-corrected chi connectivity index (χ2v) is 3.68. The Morgan fingerprint density at radius 1 is 1.71 bits per heavy atom. The number of hydrogen-bond donors (Lipinski definition) is 0. The first-order valence-corrected chi connectivity index (χ1v) is 4.85. The van der Waals surface area contributed by atoms with Gasteiger partial charge in [0.2, 0.25) is 0 Å². The molecule has 0 spiro atoms. The van der Waals surface area contributed by atoms with E-state index in [4.69, 9.17) is 0 Å². The first-order valence-electron chi connectivity index (χ1n) is 2.57. The molecule has 0 aliphatic carbocycles. The molecule has 1 unspecified atom stereocenters. The van der Waals surface area contributed by atoms with Crippen molar-refractivity contribution in [2.75, 3.05) is 16.8 Å². The molecule has 0 N–H and O–H groups in total. The first kappa shape index (κ1) is 5.96. The fraction of sp³-hybridized carbons (Fsp3) is 1.00. The Balaban J connectivity index is 2.14. The van der Waals surface area contributed by atoms with Crippen LogP contribution in [0.3, 0.4) is 0 Å². The van der Waals surface area contributed by atoms with E-state index in [1.807, 2.05) is 0 Å². The third-order valence-corrected chi connectivity index (χ3v) is 3.39. The minimum Gasteiger partial charge on any atom is -0.162 e. The second kappa shape index (κ2) is 2.98. The van der Waals surface area contributed by atoms with Crippen LogP contribution in [0.15, 0.2) is 0 Å². The van der Waals surface area contributed by atoms with Gasteiger partial charge in [-0.2, -0.15) is 11.8 Å². The molecular weight excluding hydrogens is 172 g/mol. The number of rotatable bonds is 1. The van der Waals surface area contributed by atoms with Gasteiger partial charge >= 0.3 is 0 Å². The van der Waals surface area contributed by atoms with Crippen molar-refractivity contribution < 1.29 is 0 Å². The van der Waals surface area contributed by atoms with Gasteiger partial charge in [-0.3, -0.25) is 0 Å². The zero-order valence-electron chi connectivity index (χ0n) is 4.19. The van der Waals surface area contributed by atoms with Gasteiger partial charge in [0.05, 0.1) is 0 Å². The molecule has 1 atom stereocenters. The highest BCUT2D eigenvalue weighted by molar-refractivity contribution is 9.09. The van der Waals surface area contributed by atoms with E-state index >= 15 is 0 Å². The van der Waals surface area contributed by atoms with Crippen molar-refractivity contribution in [3.63, 3.8) is 0 Å². The van der Waals surface area contributed by atoms with Crippen LogP contribution < -0.4 is 0 Å². The maximum Gasteiger partial charge on any atom is 0.00678 e. The Kier molecular flexibility index (Phi) is 2.53. The van der Waals surface area contributed by atoms with Crippen molar-refractivity contribution >= 4 is 27.7 Å². The van der Waals surface area contributed by atoms with Crippen molar-refractivity contribution in [2.45, 2.75) is 6.42 Å². The SMILES string of the molecule is BrCC1CCSC1. The third kappa shape index (κ3) is 1.65. The lowest BCUT2D eigenvalue weighted by atomic mass is 10.2. The quantitative estimate of drug-likeness (QED) is 0.558. The minimum absolute atomic E-state index is 0.977. The van der Waals surface area contributed by atoms with Gasteiger partial charge in [0.1, 0.15) is 0 Å². The van der Waals surface area contributed by atoms with E-state index in [1.54, 1.807) is 0 Å². The van der Waals surface area contributed by atoms with E-state index in [0.717, 1.165) is 5.92 Å². The van der Waals surface area contributed by atoms with Crippen LogP contribution >= 0.6 is 27.7 Å². The average molecular weight is 181 g/mol. The summed E-state index contributed by atoms with van der Waals surface area (Å²) in [4.78, 5) is 0. The molecule has 0 amide bonds. The Morgan fingerprint density at radius 3 is 2.86 bits per heavy atom. The van der Waals surface area contributed by atoms with Gasteiger partial charge in [-0.05, 0) is 23.8 Å². The Labute approximate surface area is 57.2 Å². The molecule has 0 bridgehead atoms. The van der Waals surface area contributed by atoms with Crippen LogP contribution in [0, 0.1) is 5.92 Å². The van der Waals surface area contributed by atoms with Crippen molar-refractivity contribution in [3.05, 3.63) is 0 Å². The molecule has 1 heterocycles. The highest BCUT2D eigenvalue weighted by atomic mass is 79.9. The average Bonchev–Trinajstić information content (AvgIpc) is 2.14. The third-order valence-electron chi connectivity index (χ3n) is 1.24. The van der Waals surface area contributed by atoms with Crippen LogP contribution in [0.5, 0.6) is 0 Å². The molecule has 0 nitrogen and oxygen atoms in total. The lowest BCUT2D eigenvalue weighted by molar-refractivity contribution is 0.685. The van der Waals surface area contributed by atoms with E-state index in [-0.39, 0.29) is 0 Å². The van der Waals surface area contributed by atoms with E-state index in [1.165, 1.54) is 23.3 Å². The van der Waals surface area contributed by atoms with Crippen LogP contribution in [0.1, 0.15) is 6.42 Å².